The Labute approximate surface area is 122 Å². The summed E-state index contributed by atoms with van der Waals surface area (Å²) in [6, 6.07) is 18.9. The van der Waals surface area contributed by atoms with Crippen molar-refractivity contribution in [2.45, 2.75) is 13.8 Å². The Balaban J connectivity index is 2.20. The number of hydrogen-bond acceptors (Lipinski definition) is 2. The lowest BCUT2D eigenvalue weighted by Gasteiger charge is -2.08. The summed E-state index contributed by atoms with van der Waals surface area (Å²) in [5.74, 6) is 1.73. The van der Waals surface area contributed by atoms with E-state index in [1.54, 1.807) is 0 Å². The first-order valence-electron chi connectivity index (χ1n) is 7.05. The number of aromatic nitrogens is 3. The van der Waals surface area contributed by atoms with Gasteiger partial charge in [-0.05, 0) is 26.0 Å². The van der Waals surface area contributed by atoms with E-state index in [0.717, 1.165) is 17.3 Å². The van der Waals surface area contributed by atoms with Gasteiger partial charge in [0.2, 0.25) is 0 Å². The molecule has 3 heteroatoms. The number of para-hydroxylation sites is 2. The molecule has 0 aliphatic heterocycles. The van der Waals surface area contributed by atoms with Crippen LogP contribution in [0.15, 0.2) is 54.6 Å². The van der Waals surface area contributed by atoms with E-state index in [4.69, 9.17) is 0 Å². The molecule has 2 aromatic heterocycles. The number of rotatable bonds is 1. The molecule has 0 saturated heterocycles. The van der Waals surface area contributed by atoms with Crippen molar-refractivity contribution < 1.29 is 0 Å². The van der Waals surface area contributed by atoms with Gasteiger partial charge < -0.3 is 0 Å². The van der Waals surface area contributed by atoms with Crippen LogP contribution in [-0.2, 0) is 0 Å². The number of hydrogen-bond donors (Lipinski definition) is 0. The molecule has 0 bridgehead atoms. The molecule has 0 unspecified atom stereocenters. The maximum absolute atomic E-state index is 4.63. The van der Waals surface area contributed by atoms with Gasteiger partial charge in [0.15, 0.2) is 0 Å². The van der Waals surface area contributed by atoms with Crippen molar-refractivity contribution in [2.75, 3.05) is 0 Å². The summed E-state index contributed by atoms with van der Waals surface area (Å²) in [5, 5.41) is 2.50. The largest absolute Gasteiger partial charge is 0.294 e. The highest BCUT2D eigenvalue weighted by molar-refractivity contribution is 6.09. The minimum absolute atomic E-state index is 0.798. The van der Waals surface area contributed by atoms with Crippen LogP contribution in [-0.4, -0.2) is 14.5 Å². The first-order chi connectivity index (χ1) is 10.2. The lowest BCUT2D eigenvalue weighted by molar-refractivity contribution is 0.955. The van der Waals surface area contributed by atoms with Gasteiger partial charge in [0.25, 0.3) is 0 Å². The normalized spacial score (nSPS) is 11.3. The van der Waals surface area contributed by atoms with Crippen LogP contribution in [0.4, 0.5) is 0 Å². The maximum atomic E-state index is 4.63. The molecule has 0 saturated carbocycles. The Morgan fingerprint density at radius 2 is 1.33 bits per heavy atom. The molecule has 102 valence electrons. The Morgan fingerprint density at radius 1 is 0.762 bits per heavy atom. The minimum Gasteiger partial charge on any atom is -0.294 e. The van der Waals surface area contributed by atoms with Crippen molar-refractivity contribution in [1.29, 1.82) is 0 Å². The molecule has 4 aromatic rings. The van der Waals surface area contributed by atoms with Crippen LogP contribution in [0.3, 0.4) is 0 Å². The highest BCUT2D eigenvalue weighted by atomic mass is 15.1. The van der Waals surface area contributed by atoms with Crippen molar-refractivity contribution in [2.24, 2.45) is 0 Å². The second kappa shape index (κ2) is 4.42. The van der Waals surface area contributed by atoms with Gasteiger partial charge in [-0.2, -0.15) is 0 Å². The summed E-state index contributed by atoms with van der Waals surface area (Å²) >= 11 is 0. The van der Waals surface area contributed by atoms with Gasteiger partial charge in [0.1, 0.15) is 11.6 Å². The van der Waals surface area contributed by atoms with E-state index in [1.165, 1.54) is 21.8 Å². The smallest absolute Gasteiger partial charge is 0.141 e. The molecule has 0 radical (unpaired) electrons. The predicted octanol–water partition coefficient (Wildman–Crippen LogP) is 4.19. The first-order valence-corrected chi connectivity index (χ1v) is 7.05. The van der Waals surface area contributed by atoms with Gasteiger partial charge in [-0.25, -0.2) is 9.97 Å². The lowest BCUT2D eigenvalue weighted by atomic mass is 10.2. The fourth-order valence-electron chi connectivity index (χ4n) is 2.98. The number of nitrogens with zero attached hydrogens (tertiary/aromatic N) is 3. The minimum atomic E-state index is 0.798. The van der Waals surface area contributed by atoms with Crippen LogP contribution in [0.25, 0.3) is 27.6 Å². The third-order valence-corrected chi connectivity index (χ3v) is 3.76. The van der Waals surface area contributed by atoms with Crippen LogP contribution >= 0.6 is 0 Å². The van der Waals surface area contributed by atoms with Gasteiger partial charge in [0, 0.05) is 22.5 Å². The standard InChI is InChI=1S/C18H15N3/c1-12-11-18(20-13(2)19-12)21-16-9-5-3-7-14(16)15-8-4-6-10-17(15)21/h3-11H,1-2H3. The average Bonchev–Trinajstić information content (AvgIpc) is 2.81. The van der Waals surface area contributed by atoms with Gasteiger partial charge in [0.05, 0.1) is 11.0 Å². The predicted molar refractivity (Wildman–Crippen MR) is 85.8 cm³/mol. The van der Waals surface area contributed by atoms with Gasteiger partial charge in [-0.3, -0.25) is 4.57 Å². The topological polar surface area (TPSA) is 30.7 Å². The molecule has 4 rings (SSSR count). The van der Waals surface area contributed by atoms with Crippen molar-refractivity contribution in [3.8, 4) is 5.82 Å². The summed E-state index contributed by atoms with van der Waals surface area (Å²) in [7, 11) is 0. The summed E-state index contributed by atoms with van der Waals surface area (Å²) < 4.78 is 2.21. The maximum Gasteiger partial charge on any atom is 0.141 e. The molecule has 0 atom stereocenters. The molecule has 3 nitrogen and oxygen atoms in total. The SMILES string of the molecule is Cc1cc(-n2c3ccccc3c3ccccc32)nc(C)n1. The molecule has 2 aromatic carbocycles. The summed E-state index contributed by atoms with van der Waals surface area (Å²) in [6.07, 6.45) is 0. The highest BCUT2D eigenvalue weighted by Gasteiger charge is 2.12. The van der Waals surface area contributed by atoms with Gasteiger partial charge >= 0.3 is 0 Å². The molecule has 0 aliphatic rings. The number of fused-ring (bicyclic) bond motifs is 3. The van der Waals surface area contributed by atoms with Crippen molar-refractivity contribution in [3.05, 3.63) is 66.1 Å². The molecule has 0 aliphatic carbocycles. The average molecular weight is 273 g/mol. The zero-order valence-electron chi connectivity index (χ0n) is 12.0. The third-order valence-electron chi connectivity index (χ3n) is 3.76. The molecular formula is C18H15N3. The summed E-state index contributed by atoms with van der Waals surface area (Å²) in [6.45, 7) is 3.94. The third kappa shape index (κ3) is 1.82. The van der Waals surface area contributed by atoms with Crippen LogP contribution in [0.1, 0.15) is 11.5 Å². The van der Waals surface area contributed by atoms with E-state index in [-0.39, 0.29) is 0 Å². The van der Waals surface area contributed by atoms with E-state index < -0.39 is 0 Å². The lowest BCUT2D eigenvalue weighted by Crippen LogP contribution is -2.01. The fourth-order valence-corrected chi connectivity index (χ4v) is 2.98. The molecule has 21 heavy (non-hydrogen) atoms. The second-order valence-corrected chi connectivity index (χ2v) is 5.28. The van der Waals surface area contributed by atoms with E-state index in [9.17, 15) is 0 Å². The van der Waals surface area contributed by atoms with Crippen LogP contribution in [0, 0.1) is 13.8 Å². The zero-order valence-corrected chi connectivity index (χ0v) is 12.0. The highest BCUT2D eigenvalue weighted by Crippen LogP contribution is 2.31. The van der Waals surface area contributed by atoms with Gasteiger partial charge in [-0.15, -0.1) is 0 Å². The van der Waals surface area contributed by atoms with Crippen LogP contribution < -0.4 is 0 Å². The number of benzene rings is 2. The molecule has 0 spiro atoms. The van der Waals surface area contributed by atoms with Gasteiger partial charge in [-0.1, -0.05) is 36.4 Å². The quantitative estimate of drug-likeness (QED) is 0.520. The fraction of sp³-hybridized carbons (Fsp3) is 0.111. The van der Waals surface area contributed by atoms with E-state index in [0.29, 0.717) is 0 Å². The summed E-state index contributed by atoms with van der Waals surface area (Å²) in [4.78, 5) is 9.01. The van der Waals surface area contributed by atoms with E-state index in [1.807, 2.05) is 19.9 Å². The molecule has 0 amide bonds. The molecule has 0 fully saturated rings. The monoisotopic (exact) mass is 273 g/mol. The van der Waals surface area contributed by atoms with Crippen LogP contribution in [0.2, 0.25) is 0 Å². The first kappa shape index (κ1) is 12.1. The van der Waals surface area contributed by atoms with E-state index >= 15 is 0 Å². The van der Waals surface area contributed by atoms with Crippen LogP contribution in [0.5, 0.6) is 0 Å². The van der Waals surface area contributed by atoms with Crippen molar-refractivity contribution >= 4 is 21.8 Å². The number of aryl methyl sites for hydroxylation is 2. The zero-order chi connectivity index (χ0) is 14.4. The Bertz CT molecular complexity index is 893. The summed E-state index contributed by atoms with van der Waals surface area (Å²) in [5.41, 5.74) is 3.34. The Kier molecular flexibility index (Phi) is 2.54. The molecule has 2 heterocycles. The molecule has 0 N–H and O–H groups in total. The van der Waals surface area contributed by atoms with Crippen molar-refractivity contribution in [1.82, 2.24) is 14.5 Å². The van der Waals surface area contributed by atoms with Crippen molar-refractivity contribution in [3.63, 3.8) is 0 Å². The second-order valence-electron chi connectivity index (χ2n) is 5.28. The van der Waals surface area contributed by atoms with E-state index in [2.05, 4.69) is 63.1 Å². The molecular weight excluding hydrogens is 258 g/mol. The Hall–Kier alpha value is -2.68. The Morgan fingerprint density at radius 3 is 1.90 bits per heavy atom.